The molecule has 1 aliphatic carbocycles. The van der Waals surface area contributed by atoms with E-state index in [1.807, 2.05) is 10.8 Å². The molecule has 1 aromatic rings. The maximum absolute atomic E-state index is 11.0. The second kappa shape index (κ2) is 5.67. The van der Waals surface area contributed by atoms with E-state index in [0.717, 1.165) is 25.1 Å². The molecule has 100 valence electrons. The molecule has 0 saturated carbocycles. The topological polar surface area (TPSA) is 64.0 Å². The van der Waals surface area contributed by atoms with Gasteiger partial charge in [0.2, 0.25) is 10.0 Å². The molecule has 1 aliphatic rings. The highest BCUT2D eigenvalue weighted by atomic mass is 32.2. The van der Waals surface area contributed by atoms with Crippen molar-refractivity contribution in [2.75, 3.05) is 12.8 Å². The van der Waals surface area contributed by atoms with E-state index in [-0.39, 0.29) is 0 Å². The molecule has 1 N–H and O–H groups in total. The number of allylic oxidation sites excluding steroid dienone is 2. The van der Waals surface area contributed by atoms with E-state index in [9.17, 15) is 8.42 Å². The van der Waals surface area contributed by atoms with Crippen molar-refractivity contribution in [2.24, 2.45) is 0 Å². The Kier molecular flexibility index (Phi) is 4.19. The zero-order valence-electron chi connectivity index (χ0n) is 10.5. The van der Waals surface area contributed by atoms with Crippen LogP contribution in [0.4, 0.5) is 0 Å². The second-order valence-electron chi connectivity index (χ2n) is 4.63. The van der Waals surface area contributed by atoms with E-state index < -0.39 is 10.0 Å². The number of nitrogens with zero attached hydrogens (tertiary/aromatic N) is 2. The highest BCUT2D eigenvalue weighted by Gasteiger charge is 2.17. The van der Waals surface area contributed by atoms with Gasteiger partial charge in [-0.2, -0.15) is 0 Å². The molecule has 1 aromatic heterocycles. The van der Waals surface area contributed by atoms with Crippen LogP contribution < -0.4 is 4.72 Å². The highest BCUT2D eigenvalue weighted by Crippen LogP contribution is 2.27. The molecule has 0 aliphatic heterocycles. The summed E-state index contributed by atoms with van der Waals surface area (Å²) in [5, 5.41) is 0. The van der Waals surface area contributed by atoms with Crippen LogP contribution in [0, 0.1) is 0 Å². The van der Waals surface area contributed by atoms with E-state index in [1.165, 1.54) is 6.26 Å². The fraction of sp³-hybridized carbons (Fsp3) is 0.583. The lowest BCUT2D eigenvalue weighted by atomic mass is 9.94. The predicted octanol–water partition coefficient (Wildman–Crippen LogP) is 1.26. The molecule has 1 atom stereocenters. The van der Waals surface area contributed by atoms with Gasteiger partial charge in [-0.05, 0) is 19.3 Å². The lowest BCUT2D eigenvalue weighted by Crippen LogP contribution is -2.26. The number of imidazole rings is 1. The van der Waals surface area contributed by atoms with E-state index >= 15 is 0 Å². The Morgan fingerprint density at radius 3 is 3.00 bits per heavy atom. The third-order valence-electron chi connectivity index (χ3n) is 3.10. The smallest absolute Gasteiger partial charge is 0.208 e. The van der Waals surface area contributed by atoms with E-state index in [4.69, 9.17) is 0 Å². The van der Waals surface area contributed by atoms with Gasteiger partial charge in [0.1, 0.15) is 5.82 Å². The summed E-state index contributed by atoms with van der Waals surface area (Å²) in [6.45, 7) is 1.04. The lowest BCUT2D eigenvalue weighted by molar-refractivity contribution is 0.529. The fourth-order valence-corrected chi connectivity index (χ4v) is 2.71. The molecular formula is C12H19N3O2S. The standard InChI is InChI=1S/C12H19N3O2S/c1-18(16,17)14-8-10-15-9-7-13-12(15)11-5-3-2-4-6-11/h2-3,7,9,11,14H,4-6,8,10H2,1H3. The van der Waals surface area contributed by atoms with Gasteiger partial charge in [0.25, 0.3) is 0 Å². The van der Waals surface area contributed by atoms with Crippen molar-refractivity contribution < 1.29 is 8.42 Å². The first-order valence-electron chi connectivity index (χ1n) is 6.17. The molecule has 1 heterocycles. The average Bonchev–Trinajstić information content (AvgIpc) is 2.77. The summed E-state index contributed by atoms with van der Waals surface area (Å²) in [6.07, 6.45) is 12.5. The Balaban J connectivity index is 1.97. The molecule has 18 heavy (non-hydrogen) atoms. The van der Waals surface area contributed by atoms with Gasteiger partial charge in [-0.25, -0.2) is 18.1 Å². The largest absolute Gasteiger partial charge is 0.333 e. The van der Waals surface area contributed by atoms with Crippen LogP contribution >= 0.6 is 0 Å². The van der Waals surface area contributed by atoms with E-state index in [1.54, 1.807) is 6.20 Å². The van der Waals surface area contributed by atoms with Crippen molar-refractivity contribution in [1.82, 2.24) is 14.3 Å². The first kappa shape index (κ1) is 13.3. The van der Waals surface area contributed by atoms with Crippen molar-refractivity contribution in [3.05, 3.63) is 30.4 Å². The molecule has 0 bridgehead atoms. The molecular weight excluding hydrogens is 250 g/mol. The van der Waals surface area contributed by atoms with Crippen LogP contribution in [0.5, 0.6) is 0 Å². The van der Waals surface area contributed by atoms with Crippen LogP contribution in [0.1, 0.15) is 31.0 Å². The van der Waals surface area contributed by atoms with Gasteiger partial charge in [-0.15, -0.1) is 0 Å². The van der Waals surface area contributed by atoms with E-state index in [0.29, 0.717) is 19.0 Å². The van der Waals surface area contributed by atoms with Crippen molar-refractivity contribution in [3.63, 3.8) is 0 Å². The summed E-state index contributed by atoms with van der Waals surface area (Å²) in [7, 11) is -3.11. The molecule has 0 fully saturated rings. The molecule has 2 rings (SSSR count). The molecule has 1 unspecified atom stereocenters. The second-order valence-corrected chi connectivity index (χ2v) is 6.46. The molecule has 5 nitrogen and oxygen atoms in total. The van der Waals surface area contributed by atoms with Gasteiger partial charge in [0, 0.05) is 31.4 Å². The summed E-state index contributed by atoms with van der Waals surface area (Å²) in [6, 6.07) is 0. The van der Waals surface area contributed by atoms with Gasteiger partial charge in [0.15, 0.2) is 0 Å². The van der Waals surface area contributed by atoms with Crippen LogP contribution in [-0.2, 0) is 16.6 Å². The Morgan fingerprint density at radius 2 is 2.33 bits per heavy atom. The van der Waals surface area contributed by atoms with Gasteiger partial charge < -0.3 is 4.57 Å². The number of aromatic nitrogens is 2. The SMILES string of the molecule is CS(=O)(=O)NCCn1ccnc1C1CC=CCC1. The van der Waals surface area contributed by atoms with Crippen LogP contribution in [-0.4, -0.2) is 30.8 Å². The number of hydrogen-bond acceptors (Lipinski definition) is 3. The maximum Gasteiger partial charge on any atom is 0.208 e. The zero-order valence-corrected chi connectivity index (χ0v) is 11.4. The van der Waals surface area contributed by atoms with Crippen LogP contribution in [0.3, 0.4) is 0 Å². The predicted molar refractivity (Wildman–Crippen MR) is 70.8 cm³/mol. The summed E-state index contributed by atoms with van der Waals surface area (Å²) in [5.41, 5.74) is 0. The summed E-state index contributed by atoms with van der Waals surface area (Å²) in [4.78, 5) is 4.41. The molecule has 6 heteroatoms. The maximum atomic E-state index is 11.0. The monoisotopic (exact) mass is 269 g/mol. The van der Waals surface area contributed by atoms with Crippen molar-refractivity contribution in [1.29, 1.82) is 0 Å². The Morgan fingerprint density at radius 1 is 1.50 bits per heavy atom. The Bertz CT molecular complexity index is 519. The van der Waals surface area contributed by atoms with Crippen LogP contribution in [0.2, 0.25) is 0 Å². The first-order chi connectivity index (χ1) is 8.56. The summed E-state index contributed by atoms with van der Waals surface area (Å²) in [5.74, 6) is 1.53. The minimum Gasteiger partial charge on any atom is -0.333 e. The normalized spacial score (nSPS) is 20.2. The fourth-order valence-electron chi connectivity index (χ4n) is 2.25. The van der Waals surface area contributed by atoms with Crippen molar-refractivity contribution in [2.45, 2.75) is 31.7 Å². The average molecular weight is 269 g/mol. The summed E-state index contributed by atoms with van der Waals surface area (Å²) < 4.78 is 26.5. The molecule has 0 amide bonds. The third-order valence-corrected chi connectivity index (χ3v) is 3.83. The molecule has 0 saturated heterocycles. The van der Waals surface area contributed by atoms with Gasteiger partial charge in [-0.1, -0.05) is 12.2 Å². The quantitative estimate of drug-likeness (QED) is 0.818. The van der Waals surface area contributed by atoms with Crippen LogP contribution in [0.25, 0.3) is 0 Å². The number of rotatable bonds is 5. The molecule has 0 radical (unpaired) electrons. The lowest BCUT2D eigenvalue weighted by Gasteiger charge is -2.18. The van der Waals surface area contributed by atoms with Crippen molar-refractivity contribution >= 4 is 10.0 Å². The van der Waals surface area contributed by atoms with E-state index in [2.05, 4.69) is 21.9 Å². The minimum absolute atomic E-state index is 0.407. The molecule has 0 spiro atoms. The Labute approximate surface area is 108 Å². The summed E-state index contributed by atoms with van der Waals surface area (Å²) >= 11 is 0. The van der Waals surface area contributed by atoms with Crippen molar-refractivity contribution in [3.8, 4) is 0 Å². The number of nitrogens with one attached hydrogen (secondary N) is 1. The zero-order chi connectivity index (χ0) is 13.0. The first-order valence-corrected chi connectivity index (χ1v) is 8.06. The Hall–Kier alpha value is -1.14. The van der Waals surface area contributed by atoms with Crippen LogP contribution in [0.15, 0.2) is 24.5 Å². The highest BCUT2D eigenvalue weighted by molar-refractivity contribution is 7.88. The molecule has 0 aromatic carbocycles. The van der Waals surface area contributed by atoms with Gasteiger partial charge in [-0.3, -0.25) is 0 Å². The van der Waals surface area contributed by atoms with Gasteiger partial charge >= 0.3 is 0 Å². The minimum atomic E-state index is -3.11. The van der Waals surface area contributed by atoms with Gasteiger partial charge in [0.05, 0.1) is 6.26 Å². The number of sulfonamides is 1. The number of hydrogen-bond donors (Lipinski definition) is 1. The third kappa shape index (κ3) is 3.68.